The van der Waals surface area contributed by atoms with E-state index < -0.39 is 10.0 Å². The Balaban J connectivity index is 1.46. The van der Waals surface area contributed by atoms with E-state index in [1.165, 1.54) is 9.21 Å². The molecule has 0 saturated carbocycles. The third-order valence-electron chi connectivity index (χ3n) is 6.65. The van der Waals surface area contributed by atoms with E-state index >= 15 is 0 Å². The van der Waals surface area contributed by atoms with Crippen LogP contribution in [0.25, 0.3) is 0 Å². The molecular weight excluding hydrogens is 460 g/mol. The topological polar surface area (TPSA) is 90.0 Å². The van der Waals surface area contributed by atoms with Gasteiger partial charge in [0.1, 0.15) is 12.6 Å². The number of thiophene rings is 1. The lowest BCUT2D eigenvalue weighted by atomic mass is 9.96. The van der Waals surface area contributed by atoms with Crippen LogP contribution in [0.5, 0.6) is 0 Å². The van der Waals surface area contributed by atoms with Crippen molar-refractivity contribution in [3.63, 3.8) is 0 Å². The Labute approximate surface area is 198 Å². The molecule has 1 unspecified atom stereocenters. The second-order valence-corrected chi connectivity index (χ2v) is 11.7. The summed E-state index contributed by atoms with van der Waals surface area (Å²) >= 11 is 1.56. The number of amides is 2. The van der Waals surface area contributed by atoms with Gasteiger partial charge >= 0.3 is 0 Å². The Kier molecular flexibility index (Phi) is 6.15. The van der Waals surface area contributed by atoms with Crippen LogP contribution < -0.4 is 15.1 Å². The number of rotatable bonds is 6. The summed E-state index contributed by atoms with van der Waals surface area (Å²) in [7, 11) is -3.63. The molecule has 1 N–H and O–H groups in total. The van der Waals surface area contributed by atoms with Gasteiger partial charge in [0.05, 0.1) is 22.8 Å². The van der Waals surface area contributed by atoms with E-state index in [9.17, 15) is 18.0 Å². The first kappa shape index (κ1) is 22.4. The molecule has 33 heavy (non-hydrogen) atoms. The lowest BCUT2D eigenvalue weighted by molar-refractivity contribution is -0.125. The molecule has 1 aromatic carbocycles. The molecule has 2 aromatic rings. The van der Waals surface area contributed by atoms with Crippen molar-refractivity contribution in [3.05, 3.63) is 40.6 Å². The summed E-state index contributed by atoms with van der Waals surface area (Å²) in [5, 5.41) is 4.83. The number of hydrogen-bond donors (Lipinski definition) is 1. The van der Waals surface area contributed by atoms with Gasteiger partial charge in [-0.05, 0) is 61.7 Å². The van der Waals surface area contributed by atoms with E-state index in [2.05, 4.69) is 10.2 Å². The molecule has 1 atom stereocenters. The standard InChI is InChI=1S/C23H28N4O4S2/c28-22(24-15-17-6-5-13-32-17)16-27-21-14-18(33(30,31)25-10-3-4-11-25)8-9-19(21)26-12-2-1-7-20(26)23(27)29/h5-6,8-9,13-14,20H,1-4,7,10-12,15-16H2,(H,24,28). The normalized spacial score (nSPS) is 21.1. The maximum atomic E-state index is 13.5. The van der Waals surface area contributed by atoms with E-state index in [0.717, 1.165) is 49.2 Å². The van der Waals surface area contributed by atoms with Crippen LogP contribution in [0.3, 0.4) is 0 Å². The van der Waals surface area contributed by atoms with Gasteiger partial charge in [0, 0.05) is 24.5 Å². The molecule has 2 fully saturated rings. The highest BCUT2D eigenvalue weighted by Gasteiger charge is 2.41. The minimum atomic E-state index is -3.63. The van der Waals surface area contributed by atoms with Crippen molar-refractivity contribution < 1.29 is 18.0 Å². The van der Waals surface area contributed by atoms with Crippen molar-refractivity contribution >= 4 is 44.5 Å². The maximum Gasteiger partial charge on any atom is 0.250 e. The van der Waals surface area contributed by atoms with Gasteiger partial charge in [0.25, 0.3) is 0 Å². The molecule has 3 aliphatic rings. The fraction of sp³-hybridized carbons (Fsp3) is 0.478. The molecule has 176 valence electrons. The molecular formula is C23H28N4O4S2. The number of anilines is 2. The van der Waals surface area contributed by atoms with Gasteiger partial charge in [-0.2, -0.15) is 4.31 Å². The average molecular weight is 489 g/mol. The first-order valence-corrected chi connectivity index (χ1v) is 13.8. The minimum Gasteiger partial charge on any atom is -0.358 e. The van der Waals surface area contributed by atoms with Crippen LogP contribution in [-0.2, 0) is 26.2 Å². The van der Waals surface area contributed by atoms with Crippen molar-refractivity contribution in [2.75, 3.05) is 36.0 Å². The third kappa shape index (κ3) is 4.27. The van der Waals surface area contributed by atoms with Gasteiger partial charge in [-0.15, -0.1) is 11.3 Å². The predicted octanol–water partition coefficient (Wildman–Crippen LogP) is 2.55. The van der Waals surface area contributed by atoms with Crippen molar-refractivity contribution in [3.8, 4) is 0 Å². The number of nitrogens with zero attached hydrogens (tertiary/aromatic N) is 3. The van der Waals surface area contributed by atoms with E-state index in [0.29, 0.717) is 25.3 Å². The number of sulfonamides is 1. The van der Waals surface area contributed by atoms with E-state index in [1.807, 2.05) is 17.5 Å². The lowest BCUT2D eigenvalue weighted by Crippen LogP contribution is -2.57. The van der Waals surface area contributed by atoms with Crippen molar-refractivity contribution in [1.29, 1.82) is 0 Å². The molecule has 2 saturated heterocycles. The lowest BCUT2D eigenvalue weighted by Gasteiger charge is -2.45. The van der Waals surface area contributed by atoms with Gasteiger partial charge in [-0.3, -0.25) is 14.5 Å². The minimum absolute atomic E-state index is 0.130. The molecule has 2 amide bonds. The van der Waals surface area contributed by atoms with Gasteiger partial charge in [0.15, 0.2) is 0 Å². The largest absolute Gasteiger partial charge is 0.358 e. The number of piperidine rings is 1. The van der Waals surface area contributed by atoms with Crippen LogP contribution in [-0.4, -0.2) is 56.8 Å². The smallest absolute Gasteiger partial charge is 0.250 e. The number of fused-ring (bicyclic) bond motifs is 3. The molecule has 4 heterocycles. The van der Waals surface area contributed by atoms with E-state index in [-0.39, 0.29) is 29.3 Å². The number of nitrogens with one attached hydrogen (secondary N) is 1. The van der Waals surface area contributed by atoms with E-state index in [4.69, 9.17) is 0 Å². The van der Waals surface area contributed by atoms with Crippen LogP contribution in [0.4, 0.5) is 11.4 Å². The van der Waals surface area contributed by atoms with Crippen LogP contribution in [0.1, 0.15) is 37.0 Å². The molecule has 1 aromatic heterocycles. The number of hydrogen-bond acceptors (Lipinski definition) is 6. The third-order valence-corrected chi connectivity index (χ3v) is 9.42. The summed E-state index contributed by atoms with van der Waals surface area (Å²) in [4.78, 5) is 31.0. The van der Waals surface area contributed by atoms with Crippen molar-refractivity contribution in [1.82, 2.24) is 9.62 Å². The zero-order chi connectivity index (χ0) is 23.0. The van der Waals surface area contributed by atoms with Gasteiger partial charge in [0.2, 0.25) is 21.8 Å². The molecule has 3 aliphatic heterocycles. The molecule has 10 heteroatoms. The SMILES string of the molecule is O=C(CN1C(=O)C2CCCCN2c2ccc(S(=O)(=O)N3CCCC3)cc21)NCc1cccs1. The Bertz CT molecular complexity index is 1140. The average Bonchev–Trinajstić information content (AvgIpc) is 3.55. The molecule has 5 rings (SSSR count). The maximum absolute atomic E-state index is 13.5. The summed E-state index contributed by atoms with van der Waals surface area (Å²) < 4.78 is 27.9. The fourth-order valence-electron chi connectivity index (χ4n) is 4.94. The fourth-order valence-corrected chi connectivity index (χ4v) is 7.12. The summed E-state index contributed by atoms with van der Waals surface area (Å²) in [6.07, 6.45) is 4.39. The Morgan fingerprint density at radius 2 is 1.85 bits per heavy atom. The summed E-state index contributed by atoms with van der Waals surface area (Å²) in [6.45, 7) is 2.06. The molecule has 0 bridgehead atoms. The second-order valence-electron chi connectivity index (χ2n) is 8.75. The van der Waals surface area contributed by atoms with Crippen molar-refractivity contribution in [2.24, 2.45) is 0 Å². The Morgan fingerprint density at radius 1 is 1.06 bits per heavy atom. The molecule has 0 aliphatic carbocycles. The Hall–Kier alpha value is -2.43. The first-order chi connectivity index (χ1) is 15.9. The first-order valence-electron chi connectivity index (χ1n) is 11.5. The second kappa shape index (κ2) is 9.08. The number of carbonyl (C=O) groups is 2. The molecule has 0 radical (unpaired) electrons. The molecule has 8 nitrogen and oxygen atoms in total. The zero-order valence-corrected chi connectivity index (χ0v) is 20.0. The predicted molar refractivity (Wildman–Crippen MR) is 128 cm³/mol. The van der Waals surface area contributed by atoms with Gasteiger partial charge in [-0.1, -0.05) is 6.07 Å². The van der Waals surface area contributed by atoms with Crippen LogP contribution in [0, 0.1) is 0 Å². The highest BCUT2D eigenvalue weighted by molar-refractivity contribution is 7.89. The zero-order valence-electron chi connectivity index (χ0n) is 18.4. The number of benzene rings is 1. The highest BCUT2D eigenvalue weighted by atomic mass is 32.2. The van der Waals surface area contributed by atoms with Crippen molar-refractivity contribution in [2.45, 2.75) is 49.6 Å². The van der Waals surface area contributed by atoms with Crippen LogP contribution in [0.15, 0.2) is 40.6 Å². The molecule has 0 spiro atoms. The quantitative estimate of drug-likeness (QED) is 0.675. The summed E-state index contributed by atoms with van der Waals surface area (Å²) in [6, 6.07) is 8.59. The van der Waals surface area contributed by atoms with Gasteiger partial charge < -0.3 is 10.2 Å². The van der Waals surface area contributed by atoms with E-state index in [1.54, 1.807) is 29.5 Å². The van der Waals surface area contributed by atoms with Crippen LogP contribution in [0.2, 0.25) is 0 Å². The van der Waals surface area contributed by atoms with Crippen LogP contribution >= 0.6 is 11.3 Å². The van der Waals surface area contributed by atoms with Gasteiger partial charge in [-0.25, -0.2) is 8.42 Å². The monoisotopic (exact) mass is 488 g/mol. The summed E-state index contributed by atoms with van der Waals surface area (Å²) in [5.41, 5.74) is 1.33. The Morgan fingerprint density at radius 3 is 2.61 bits per heavy atom. The highest BCUT2D eigenvalue weighted by Crippen LogP contribution is 2.41. The number of carbonyl (C=O) groups excluding carboxylic acids is 2. The summed E-state index contributed by atoms with van der Waals surface area (Å²) in [5.74, 6) is -0.399.